The van der Waals surface area contributed by atoms with E-state index >= 15 is 0 Å². The lowest BCUT2D eigenvalue weighted by Crippen LogP contribution is -2.19. The average molecular weight is 235 g/mol. The van der Waals surface area contributed by atoms with Crippen molar-refractivity contribution in [3.8, 4) is 0 Å². The first-order valence-electron chi connectivity index (χ1n) is 6.04. The highest BCUT2D eigenvalue weighted by Gasteiger charge is 2.15. The first kappa shape index (κ1) is 13.7. The molecule has 0 bridgehead atoms. The molecule has 0 spiro atoms. The zero-order chi connectivity index (χ0) is 12.7. The van der Waals surface area contributed by atoms with Crippen LogP contribution in [0.25, 0.3) is 0 Å². The van der Waals surface area contributed by atoms with Crippen LogP contribution in [0.3, 0.4) is 0 Å². The van der Waals surface area contributed by atoms with Crippen LogP contribution in [0.1, 0.15) is 31.7 Å². The number of rotatable bonds is 6. The molecule has 3 heteroatoms. The molecule has 1 aromatic rings. The molecule has 3 nitrogen and oxygen atoms in total. The van der Waals surface area contributed by atoms with Crippen molar-refractivity contribution in [2.24, 2.45) is 11.7 Å². The summed E-state index contributed by atoms with van der Waals surface area (Å²) in [6.07, 6.45) is 0.354. The average Bonchev–Trinajstić information content (AvgIpc) is 2.34. The van der Waals surface area contributed by atoms with Gasteiger partial charge in [-0.25, -0.2) is 0 Å². The number of ether oxygens (including phenoxy) is 1. The minimum Gasteiger partial charge on any atom is -0.465 e. The molecule has 0 saturated heterocycles. The zero-order valence-corrected chi connectivity index (χ0v) is 10.6. The summed E-state index contributed by atoms with van der Waals surface area (Å²) in [7, 11) is 0. The Bertz CT molecular complexity index is 335. The van der Waals surface area contributed by atoms with Crippen LogP contribution in [0.5, 0.6) is 0 Å². The fraction of sp³-hybridized carbons (Fsp3) is 0.500. The fourth-order valence-electron chi connectivity index (χ4n) is 1.58. The largest absolute Gasteiger partial charge is 0.465 e. The molecular formula is C14H21NO2. The Labute approximate surface area is 103 Å². The predicted octanol–water partition coefficient (Wildman–Crippen LogP) is 2.32. The van der Waals surface area contributed by atoms with Crippen LogP contribution in [-0.4, -0.2) is 19.1 Å². The molecule has 1 unspecified atom stereocenters. The quantitative estimate of drug-likeness (QED) is 0.770. The van der Waals surface area contributed by atoms with E-state index in [1.54, 1.807) is 0 Å². The number of benzene rings is 1. The smallest absolute Gasteiger partial charge is 0.306 e. The van der Waals surface area contributed by atoms with Gasteiger partial charge in [0, 0.05) is 5.92 Å². The lowest BCUT2D eigenvalue weighted by atomic mass is 9.96. The molecule has 94 valence electrons. The summed E-state index contributed by atoms with van der Waals surface area (Å²) in [5.74, 6) is 0.251. The lowest BCUT2D eigenvalue weighted by molar-refractivity contribution is -0.145. The Kier molecular flexibility index (Phi) is 5.70. The Hall–Kier alpha value is -1.35. The monoisotopic (exact) mass is 235 g/mol. The Balaban J connectivity index is 2.50. The van der Waals surface area contributed by atoms with Crippen LogP contribution in [0.2, 0.25) is 0 Å². The van der Waals surface area contributed by atoms with Gasteiger partial charge in [-0.2, -0.15) is 0 Å². The van der Waals surface area contributed by atoms with Gasteiger partial charge in [0.1, 0.15) is 0 Å². The lowest BCUT2D eigenvalue weighted by Gasteiger charge is -2.15. The van der Waals surface area contributed by atoms with Crippen LogP contribution in [-0.2, 0) is 9.53 Å². The molecule has 0 aliphatic heterocycles. The maximum absolute atomic E-state index is 11.6. The van der Waals surface area contributed by atoms with E-state index in [2.05, 4.69) is 0 Å². The third kappa shape index (κ3) is 5.00. The third-order valence-corrected chi connectivity index (χ3v) is 2.55. The maximum atomic E-state index is 11.6. The van der Waals surface area contributed by atoms with E-state index in [-0.39, 0.29) is 11.9 Å². The molecule has 0 radical (unpaired) electrons. The van der Waals surface area contributed by atoms with E-state index in [0.717, 1.165) is 5.56 Å². The molecule has 0 aliphatic carbocycles. The van der Waals surface area contributed by atoms with E-state index in [9.17, 15) is 4.79 Å². The number of hydrogen-bond acceptors (Lipinski definition) is 3. The van der Waals surface area contributed by atoms with E-state index in [1.807, 2.05) is 44.2 Å². The van der Waals surface area contributed by atoms with Crippen molar-refractivity contribution in [3.05, 3.63) is 35.9 Å². The molecule has 1 aromatic carbocycles. The van der Waals surface area contributed by atoms with Crippen LogP contribution in [0.4, 0.5) is 0 Å². The van der Waals surface area contributed by atoms with Crippen molar-refractivity contribution >= 4 is 5.97 Å². The number of carbonyl (C=O) groups is 1. The van der Waals surface area contributed by atoms with Crippen LogP contribution in [0, 0.1) is 5.92 Å². The number of hydrogen-bond donors (Lipinski definition) is 1. The van der Waals surface area contributed by atoms with Gasteiger partial charge in [0.15, 0.2) is 0 Å². The van der Waals surface area contributed by atoms with Crippen LogP contribution >= 0.6 is 0 Å². The highest BCUT2D eigenvalue weighted by atomic mass is 16.5. The highest BCUT2D eigenvalue weighted by molar-refractivity contribution is 5.70. The molecule has 0 saturated carbocycles. The van der Waals surface area contributed by atoms with Crippen LogP contribution in [0.15, 0.2) is 30.3 Å². The van der Waals surface area contributed by atoms with Crippen molar-refractivity contribution in [1.29, 1.82) is 0 Å². The number of carbonyl (C=O) groups excluding carboxylic acids is 1. The van der Waals surface area contributed by atoms with Crippen LogP contribution < -0.4 is 5.73 Å². The van der Waals surface area contributed by atoms with Gasteiger partial charge >= 0.3 is 5.97 Å². The number of nitrogens with two attached hydrogens (primary N) is 1. The Morgan fingerprint density at radius 1 is 1.29 bits per heavy atom. The van der Waals surface area contributed by atoms with Gasteiger partial charge in [0.2, 0.25) is 0 Å². The van der Waals surface area contributed by atoms with Crippen molar-refractivity contribution in [1.82, 2.24) is 0 Å². The minimum absolute atomic E-state index is 0.0517. The zero-order valence-electron chi connectivity index (χ0n) is 10.6. The molecule has 2 N–H and O–H groups in total. The van der Waals surface area contributed by atoms with Crippen molar-refractivity contribution < 1.29 is 9.53 Å². The summed E-state index contributed by atoms with van der Waals surface area (Å²) < 4.78 is 5.16. The van der Waals surface area contributed by atoms with E-state index in [1.165, 1.54) is 0 Å². The molecule has 0 heterocycles. The Morgan fingerprint density at radius 3 is 2.47 bits per heavy atom. The summed E-state index contributed by atoms with van der Waals surface area (Å²) in [6.45, 7) is 4.97. The van der Waals surface area contributed by atoms with Gasteiger partial charge in [-0.3, -0.25) is 4.79 Å². The molecule has 1 atom stereocenters. The summed E-state index contributed by atoms with van der Waals surface area (Å²) >= 11 is 0. The van der Waals surface area contributed by atoms with Gasteiger partial charge in [0.05, 0.1) is 13.0 Å². The van der Waals surface area contributed by atoms with Gasteiger partial charge in [-0.15, -0.1) is 0 Å². The third-order valence-electron chi connectivity index (χ3n) is 2.55. The second-order valence-electron chi connectivity index (χ2n) is 4.62. The summed E-state index contributed by atoms with van der Waals surface area (Å²) in [5.41, 5.74) is 6.80. The summed E-state index contributed by atoms with van der Waals surface area (Å²) in [5, 5.41) is 0. The SMILES string of the molecule is CC(C)COC(=O)CC(CN)c1ccccc1. The van der Waals surface area contributed by atoms with Gasteiger partial charge in [-0.05, 0) is 18.0 Å². The molecule has 17 heavy (non-hydrogen) atoms. The first-order valence-corrected chi connectivity index (χ1v) is 6.04. The van der Waals surface area contributed by atoms with E-state index < -0.39 is 0 Å². The van der Waals surface area contributed by atoms with Crippen molar-refractivity contribution in [2.45, 2.75) is 26.2 Å². The minimum atomic E-state index is -0.169. The summed E-state index contributed by atoms with van der Waals surface area (Å²) in [6, 6.07) is 9.85. The number of esters is 1. The molecule has 0 aromatic heterocycles. The topological polar surface area (TPSA) is 52.3 Å². The van der Waals surface area contributed by atoms with Gasteiger partial charge < -0.3 is 10.5 Å². The highest BCUT2D eigenvalue weighted by Crippen LogP contribution is 2.18. The maximum Gasteiger partial charge on any atom is 0.306 e. The molecule has 0 aliphatic rings. The second kappa shape index (κ2) is 7.07. The van der Waals surface area contributed by atoms with Gasteiger partial charge in [0.25, 0.3) is 0 Å². The fourth-order valence-corrected chi connectivity index (χ4v) is 1.58. The Morgan fingerprint density at radius 2 is 1.94 bits per heavy atom. The van der Waals surface area contributed by atoms with Gasteiger partial charge in [-0.1, -0.05) is 44.2 Å². The predicted molar refractivity (Wildman–Crippen MR) is 68.7 cm³/mol. The first-order chi connectivity index (χ1) is 8.13. The normalized spacial score (nSPS) is 12.5. The van der Waals surface area contributed by atoms with Crippen molar-refractivity contribution in [2.75, 3.05) is 13.2 Å². The molecule has 0 amide bonds. The second-order valence-corrected chi connectivity index (χ2v) is 4.62. The summed E-state index contributed by atoms with van der Waals surface area (Å²) in [4.78, 5) is 11.6. The molecule has 0 fully saturated rings. The van der Waals surface area contributed by atoms with Crippen molar-refractivity contribution in [3.63, 3.8) is 0 Å². The van der Waals surface area contributed by atoms with E-state index in [0.29, 0.717) is 25.5 Å². The standard InChI is InChI=1S/C14H21NO2/c1-11(2)10-17-14(16)8-13(9-15)12-6-4-3-5-7-12/h3-7,11,13H,8-10,15H2,1-2H3. The molecular weight excluding hydrogens is 214 g/mol. The van der Waals surface area contributed by atoms with E-state index in [4.69, 9.17) is 10.5 Å². The molecule has 1 rings (SSSR count).